The molecule has 1 amide bonds. The molecule has 1 aliphatic heterocycles. The Kier molecular flexibility index (Phi) is 5.40. The summed E-state index contributed by atoms with van der Waals surface area (Å²) in [4.78, 5) is 18.5. The quantitative estimate of drug-likeness (QED) is 0.844. The Labute approximate surface area is 130 Å². The summed E-state index contributed by atoms with van der Waals surface area (Å²) in [5, 5.41) is 8.77. The summed E-state index contributed by atoms with van der Waals surface area (Å²) >= 11 is 1.42. The Morgan fingerprint density at radius 2 is 2.29 bits per heavy atom. The van der Waals surface area contributed by atoms with Crippen molar-refractivity contribution in [1.29, 1.82) is 0 Å². The number of amides is 1. The molecular formula is C16H22N2O2S. The van der Waals surface area contributed by atoms with Crippen LogP contribution in [0.2, 0.25) is 0 Å². The lowest BCUT2D eigenvalue weighted by molar-refractivity contribution is 0.0546. The summed E-state index contributed by atoms with van der Waals surface area (Å²) in [6.45, 7) is 6.45. The van der Waals surface area contributed by atoms with Crippen molar-refractivity contribution >= 4 is 17.2 Å². The van der Waals surface area contributed by atoms with Gasteiger partial charge < -0.3 is 10.0 Å². The molecule has 0 aliphatic carbocycles. The molecule has 1 aliphatic rings. The number of carbonyl (C=O) groups is 1. The van der Waals surface area contributed by atoms with Crippen molar-refractivity contribution in [3.63, 3.8) is 0 Å². The minimum Gasteiger partial charge on any atom is -0.384 e. The summed E-state index contributed by atoms with van der Waals surface area (Å²) in [6, 6.07) is 2.35. The Bertz CT molecular complexity index is 571. The number of likely N-dealkylation sites (N-methyl/N-ethyl adjacent to an activating group) is 1. The minimum absolute atomic E-state index is 0.103. The molecule has 2 heterocycles. The number of hydrogen-bond donors (Lipinski definition) is 1. The second-order valence-corrected chi connectivity index (χ2v) is 6.43. The maximum atomic E-state index is 12.6. The first-order valence-electron chi connectivity index (χ1n) is 7.26. The van der Waals surface area contributed by atoms with Gasteiger partial charge in [0.15, 0.2) is 0 Å². The number of aliphatic hydroxyl groups excluding tert-OH is 1. The zero-order chi connectivity index (χ0) is 15.4. The molecule has 0 spiro atoms. The molecule has 2 rings (SSSR count). The number of thiophene rings is 1. The molecule has 4 nitrogen and oxygen atoms in total. The van der Waals surface area contributed by atoms with E-state index in [0.717, 1.165) is 41.4 Å². The molecule has 5 heteroatoms. The molecule has 1 atom stereocenters. The Balaban J connectivity index is 2.13. The number of nitrogens with zero attached hydrogens (tertiary/aromatic N) is 2. The fourth-order valence-electron chi connectivity index (χ4n) is 2.56. The van der Waals surface area contributed by atoms with Crippen LogP contribution in [0.25, 0.3) is 0 Å². The van der Waals surface area contributed by atoms with Crippen molar-refractivity contribution in [1.82, 2.24) is 9.80 Å². The zero-order valence-corrected chi connectivity index (χ0v) is 13.7. The van der Waals surface area contributed by atoms with Crippen LogP contribution < -0.4 is 0 Å². The molecule has 21 heavy (non-hydrogen) atoms. The number of hydrogen-bond acceptors (Lipinski definition) is 4. The summed E-state index contributed by atoms with van der Waals surface area (Å²) < 4.78 is 0. The van der Waals surface area contributed by atoms with Crippen LogP contribution in [0.4, 0.5) is 0 Å². The second-order valence-electron chi connectivity index (χ2n) is 5.38. The Morgan fingerprint density at radius 1 is 1.52 bits per heavy atom. The fraction of sp³-hybridized carbons (Fsp3) is 0.562. The van der Waals surface area contributed by atoms with Gasteiger partial charge in [0.05, 0.1) is 9.75 Å². The van der Waals surface area contributed by atoms with E-state index in [2.05, 4.69) is 30.7 Å². The molecule has 1 saturated heterocycles. The average Bonchev–Trinajstić information content (AvgIpc) is 2.86. The van der Waals surface area contributed by atoms with Crippen LogP contribution in [0.1, 0.15) is 33.5 Å². The molecule has 0 bridgehead atoms. The molecule has 1 N–H and O–H groups in total. The molecule has 1 unspecified atom stereocenters. The molecule has 1 aromatic heterocycles. The van der Waals surface area contributed by atoms with Crippen LogP contribution in [0.3, 0.4) is 0 Å². The average molecular weight is 306 g/mol. The van der Waals surface area contributed by atoms with Gasteiger partial charge in [0.1, 0.15) is 6.61 Å². The van der Waals surface area contributed by atoms with Gasteiger partial charge in [-0.3, -0.25) is 9.69 Å². The zero-order valence-electron chi connectivity index (χ0n) is 12.8. The SMILES string of the molecule is CCC1CN(C(=O)c2cc(C)c(C#CCO)s2)CCN1C. The lowest BCUT2D eigenvalue weighted by Crippen LogP contribution is -2.52. The van der Waals surface area contributed by atoms with Crippen LogP contribution in [0.5, 0.6) is 0 Å². The number of piperazine rings is 1. The molecular weight excluding hydrogens is 284 g/mol. The largest absolute Gasteiger partial charge is 0.384 e. The fourth-order valence-corrected chi connectivity index (χ4v) is 3.57. The van der Waals surface area contributed by atoms with Crippen molar-refractivity contribution in [2.45, 2.75) is 26.3 Å². The highest BCUT2D eigenvalue weighted by Crippen LogP contribution is 2.23. The normalized spacial score (nSPS) is 19.2. The maximum absolute atomic E-state index is 12.6. The van der Waals surface area contributed by atoms with Crippen molar-refractivity contribution in [3.05, 3.63) is 21.4 Å². The van der Waals surface area contributed by atoms with Gasteiger partial charge in [-0.15, -0.1) is 11.3 Å². The minimum atomic E-state index is -0.155. The molecule has 0 saturated carbocycles. The third-order valence-electron chi connectivity index (χ3n) is 3.95. The smallest absolute Gasteiger partial charge is 0.264 e. The van der Waals surface area contributed by atoms with E-state index < -0.39 is 0 Å². The summed E-state index contributed by atoms with van der Waals surface area (Å²) in [7, 11) is 2.12. The molecule has 1 fully saturated rings. The first kappa shape index (κ1) is 16.0. The highest BCUT2D eigenvalue weighted by atomic mass is 32.1. The number of aliphatic hydroxyl groups is 1. The standard InChI is InChI=1S/C16H22N2O2S/c1-4-13-11-18(8-7-17(13)3)16(20)15-10-12(2)14(21-15)6-5-9-19/h10,13,19H,4,7-9,11H2,1-3H3. The van der Waals surface area contributed by atoms with E-state index in [1.807, 2.05) is 17.9 Å². The number of aryl methyl sites for hydroxylation is 1. The van der Waals surface area contributed by atoms with E-state index in [-0.39, 0.29) is 12.5 Å². The van der Waals surface area contributed by atoms with E-state index in [0.29, 0.717) is 6.04 Å². The van der Waals surface area contributed by atoms with Crippen molar-refractivity contribution in [3.8, 4) is 11.8 Å². The Hall–Kier alpha value is -1.35. The highest BCUT2D eigenvalue weighted by molar-refractivity contribution is 7.14. The van der Waals surface area contributed by atoms with Gasteiger partial charge in [-0.1, -0.05) is 18.8 Å². The van der Waals surface area contributed by atoms with Crippen LogP contribution in [-0.2, 0) is 0 Å². The summed E-state index contributed by atoms with van der Waals surface area (Å²) in [5.41, 5.74) is 1.01. The lowest BCUT2D eigenvalue weighted by atomic mass is 10.1. The summed E-state index contributed by atoms with van der Waals surface area (Å²) in [6.07, 6.45) is 1.05. The van der Waals surface area contributed by atoms with Crippen LogP contribution in [0, 0.1) is 18.8 Å². The second kappa shape index (κ2) is 7.08. The van der Waals surface area contributed by atoms with Gasteiger partial charge in [-0.25, -0.2) is 0 Å². The van der Waals surface area contributed by atoms with Crippen LogP contribution >= 0.6 is 11.3 Å². The highest BCUT2D eigenvalue weighted by Gasteiger charge is 2.27. The Morgan fingerprint density at radius 3 is 2.95 bits per heavy atom. The van der Waals surface area contributed by atoms with Crippen LogP contribution in [-0.4, -0.2) is 60.1 Å². The van der Waals surface area contributed by atoms with Crippen LogP contribution in [0.15, 0.2) is 6.07 Å². The third kappa shape index (κ3) is 3.65. The van der Waals surface area contributed by atoms with E-state index >= 15 is 0 Å². The van der Waals surface area contributed by atoms with Gasteiger partial charge in [-0.2, -0.15) is 0 Å². The predicted octanol–water partition coefficient (Wildman–Crippen LogP) is 1.57. The van der Waals surface area contributed by atoms with E-state index in [9.17, 15) is 4.79 Å². The first-order valence-corrected chi connectivity index (χ1v) is 8.08. The van der Waals surface area contributed by atoms with Crippen molar-refractivity contribution in [2.75, 3.05) is 33.3 Å². The topological polar surface area (TPSA) is 43.8 Å². The van der Waals surface area contributed by atoms with E-state index in [1.54, 1.807) is 0 Å². The molecule has 1 aromatic rings. The van der Waals surface area contributed by atoms with Gasteiger partial charge in [0, 0.05) is 25.7 Å². The first-order chi connectivity index (χ1) is 10.1. The van der Waals surface area contributed by atoms with E-state index in [1.165, 1.54) is 11.3 Å². The summed E-state index contributed by atoms with van der Waals surface area (Å²) in [5.74, 6) is 5.65. The van der Waals surface area contributed by atoms with Gasteiger partial charge in [-0.05, 0) is 32.0 Å². The van der Waals surface area contributed by atoms with Gasteiger partial charge in [0.25, 0.3) is 5.91 Å². The maximum Gasteiger partial charge on any atom is 0.264 e. The molecule has 0 radical (unpaired) electrons. The van der Waals surface area contributed by atoms with Gasteiger partial charge in [0.2, 0.25) is 0 Å². The van der Waals surface area contributed by atoms with E-state index in [4.69, 9.17) is 5.11 Å². The van der Waals surface area contributed by atoms with Crippen molar-refractivity contribution in [2.24, 2.45) is 0 Å². The van der Waals surface area contributed by atoms with Crippen molar-refractivity contribution < 1.29 is 9.90 Å². The monoisotopic (exact) mass is 306 g/mol. The van der Waals surface area contributed by atoms with Gasteiger partial charge >= 0.3 is 0 Å². The number of rotatable bonds is 2. The number of carbonyl (C=O) groups excluding carboxylic acids is 1. The molecule has 114 valence electrons. The lowest BCUT2D eigenvalue weighted by Gasteiger charge is -2.38. The third-order valence-corrected chi connectivity index (χ3v) is 5.09. The predicted molar refractivity (Wildman–Crippen MR) is 85.6 cm³/mol. The molecule has 0 aromatic carbocycles.